The van der Waals surface area contributed by atoms with Gasteiger partial charge in [0.05, 0.1) is 17.5 Å². The minimum atomic E-state index is -3.66. The number of hydrogen-bond donors (Lipinski definition) is 2. The number of sulfone groups is 1. The number of sulfonamides is 1. The van der Waals surface area contributed by atoms with Crippen molar-refractivity contribution in [1.82, 2.24) is 4.72 Å². The van der Waals surface area contributed by atoms with E-state index in [4.69, 9.17) is 5.73 Å². The molecule has 0 aromatic carbocycles. The number of nitrogens with two attached hydrogens (primary N) is 1. The second kappa shape index (κ2) is 6.31. The third-order valence-corrected chi connectivity index (χ3v) is 4.30. The topological polar surface area (TPSA) is 123 Å². The molecule has 17 heavy (non-hydrogen) atoms. The molecule has 0 aliphatic carbocycles. The first kappa shape index (κ1) is 16.3. The van der Waals surface area contributed by atoms with Crippen molar-refractivity contribution in [2.45, 2.75) is 25.8 Å². The maximum atomic E-state index is 11.3. The lowest BCUT2D eigenvalue weighted by atomic mass is 10.2. The molecule has 9 heteroatoms. The van der Waals surface area contributed by atoms with Gasteiger partial charge in [0.1, 0.15) is 9.84 Å². The lowest BCUT2D eigenvalue weighted by molar-refractivity contribution is -0.120. The van der Waals surface area contributed by atoms with Crippen LogP contribution in [0.15, 0.2) is 0 Å². The van der Waals surface area contributed by atoms with E-state index in [2.05, 4.69) is 0 Å². The van der Waals surface area contributed by atoms with E-state index in [0.717, 1.165) is 6.26 Å². The standard InChI is InChI=1S/C8H18N2O5S2/c1-3-5-17(14,15)10-8(11)7(9)4-6-16(2,12)13/h7H,3-6,9H2,1-2H3,(H,10,11). The van der Waals surface area contributed by atoms with Gasteiger partial charge in [-0.05, 0) is 12.8 Å². The van der Waals surface area contributed by atoms with Crippen LogP contribution in [0.2, 0.25) is 0 Å². The van der Waals surface area contributed by atoms with E-state index in [1.165, 1.54) is 0 Å². The Morgan fingerprint density at radius 3 is 2.18 bits per heavy atom. The van der Waals surface area contributed by atoms with E-state index in [9.17, 15) is 21.6 Å². The van der Waals surface area contributed by atoms with Gasteiger partial charge in [0, 0.05) is 6.26 Å². The molecule has 1 atom stereocenters. The van der Waals surface area contributed by atoms with Crippen LogP contribution in [0.25, 0.3) is 0 Å². The highest BCUT2D eigenvalue weighted by Crippen LogP contribution is 1.96. The van der Waals surface area contributed by atoms with E-state index in [1.807, 2.05) is 0 Å². The van der Waals surface area contributed by atoms with Crippen LogP contribution in [0.1, 0.15) is 19.8 Å². The minimum Gasteiger partial charge on any atom is -0.320 e. The number of amides is 1. The van der Waals surface area contributed by atoms with Crippen molar-refractivity contribution >= 4 is 25.8 Å². The summed E-state index contributed by atoms with van der Waals surface area (Å²) in [6.07, 6.45) is 1.29. The molecule has 0 fully saturated rings. The van der Waals surface area contributed by atoms with E-state index >= 15 is 0 Å². The lowest BCUT2D eigenvalue weighted by Crippen LogP contribution is -2.44. The molecule has 0 spiro atoms. The highest BCUT2D eigenvalue weighted by Gasteiger charge is 2.20. The Morgan fingerprint density at radius 2 is 1.76 bits per heavy atom. The maximum absolute atomic E-state index is 11.3. The molecule has 0 aromatic heterocycles. The molecule has 0 saturated heterocycles. The molecule has 102 valence electrons. The van der Waals surface area contributed by atoms with Crippen LogP contribution in [0.3, 0.4) is 0 Å². The molecule has 0 aliphatic rings. The Bertz CT molecular complexity index is 454. The van der Waals surface area contributed by atoms with Crippen molar-refractivity contribution in [2.75, 3.05) is 17.8 Å². The van der Waals surface area contributed by atoms with Crippen LogP contribution < -0.4 is 10.5 Å². The summed E-state index contributed by atoms with van der Waals surface area (Å²) in [5, 5.41) is 0. The Labute approximate surface area is 102 Å². The zero-order chi connectivity index (χ0) is 13.7. The van der Waals surface area contributed by atoms with Crippen molar-refractivity contribution in [3.05, 3.63) is 0 Å². The van der Waals surface area contributed by atoms with Crippen molar-refractivity contribution in [1.29, 1.82) is 0 Å². The largest absolute Gasteiger partial charge is 0.320 e. The van der Waals surface area contributed by atoms with Gasteiger partial charge in [0.25, 0.3) is 0 Å². The predicted molar refractivity (Wildman–Crippen MR) is 64.5 cm³/mol. The quantitative estimate of drug-likeness (QED) is 0.593. The lowest BCUT2D eigenvalue weighted by Gasteiger charge is -2.11. The number of nitrogens with one attached hydrogen (secondary N) is 1. The van der Waals surface area contributed by atoms with Gasteiger partial charge in [-0.3, -0.25) is 9.52 Å². The van der Waals surface area contributed by atoms with Gasteiger partial charge in [0.15, 0.2) is 0 Å². The average molecular weight is 286 g/mol. The second-order valence-corrected chi connectivity index (χ2v) is 7.91. The highest BCUT2D eigenvalue weighted by molar-refractivity contribution is 7.90. The SMILES string of the molecule is CCCS(=O)(=O)NC(=O)C(N)CCS(C)(=O)=O. The molecule has 0 radical (unpaired) electrons. The number of carbonyl (C=O) groups excluding carboxylic acids is 1. The van der Waals surface area contributed by atoms with Crippen LogP contribution in [0.4, 0.5) is 0 Å². The summed E-state index contributed by atoms with van der Waals surface area (Å²) in [6.45, 7) is 1.66. The van der Waals surface area contributed by atoms with Gasteiger partial charge in [-0.2, -0.15) is 0 Å². The Kier molecular flexibility index (Phi) is 6.06. The summed E-state index contributed by atoms with van der Waals surface area (Å²) in [5.41, 5.74) is 5.39. The molecular formula is C8H18N2O5S2. The van der Waals surface area contributed by atoms with Crippen molar-refractivity contribution < 1.29 is 21.6 Å². The molecule has 7 nitrogen and oxygen atoms in total. The zero-order valence-electron chi connectivity index (χ0n) is 9.84. The summed E-state index contributed by atoms with van der Waals surface area (Å²) in [4.78, 5) is 11.3. The summed E-state index contributed by atoms with van der Waals surface area (Å²) >= 11 is 0. The fourth-order valence-corrected chi connectivity index (χ4v) is 2.80. The van der Waals surface area contributed by atoms with Crippen LogP contribution >= 0.6 is 0 Å². The Hall–Kier alpha value is -0.670. The van der Waals surface area contributed by atoms with Crippen LogP contribution in [-0.4, -0.2) is 46.5 Å². The molecule has 1 amide bonds. The molecule has 0 aromatic rings. The van der Waals surface area contributed by atoms with E-state index in [0.29, 0.717) is 6.42 Å². The summed E-state index contributed by atoms with van der Waals surface area (Å²) in [6, 6.07) is -1.14. The van der Waals surface area contributed by atoms with Crippen LogP contribution in [-0.2, 0) is 24.7 Å². The molecule has 0 saturated carbocycles. The van der Waals surface area contributed by atoms with Gasteiger partial charge in [-0.15, -0.1) is 0 Å². The van der Waals surface area contributed by atoms with Crippen LogP contribution in [0, 0.1) is 0 Å². The fraction of sp³-hybridized carbons (Fsp3) is 0.875. The van der Waals surface area contributed by atoms with Crippen molar-refractivity contribution in [2.24, 2.45) is 5.73 Å². The van der Waals surface area contributed by atoms with Gasteiger partial charge < -0.3 is 5.73 Å². The summed E-state index contributed by atoms with van der Waals surface area (Å²) in [5.74, 6) is -1.30. The van der Waals surface area contributed by atoms with Gasteiger partial charge >= 0.3 is 0 Å². The molecule has 0 rings (SSSR count). The van der Waals surface area contributed by atoms with E-state index in [1.54, 1.807) is 11.6 Å². The summed E-state index contributed by atoms with van der Waals surface area (Å²) < 4.78 is 46.0. The predicted octanol–water partition coefficient (Wildman–Crippen LogP) is -1.40. The number of hydrogen-bond acceptors (Lipinski definition) is 6. The Balaban J connectivity index is 4.34. The van der Waals surface area contributed by atoms with Crippen LogP contribution in [0.5, 0.6) is 0 Å². The fourth-order valence-electron chi connectivity index (χ4n) is 1.02. The normalized spacial score (nSPS) is 14.3. The second-order valence-electron chi connectivity index (χ2n) is 3.81. The van der Waals surface area contributed by atoms with E-state index < -0.39 is 31.8 Å². The first-order chi connectivity index (χ1) is 7.57. The third kappa shape index (κ3) is 8.11. The molecule has 3 N–H and O–H groups in total. The molecule has 0 heterocycles. The van der Waals surface area contributed by atoms with Gasteiger partial charge in [0.2, 0.25) is 15.9 Å². The third-order valence-electron chi connectivity index (χ3n) is 1.87. The molecule has 0 aliphatic heterocycles. The molecule has 0 bridgehead atoms. The monoisotopic (exact) mass is 286 g/mol. The minimum absolute atomic E-state index is 0.105. The molecule has 1 unspecified atom stereocenters. The number of rotatable bonds is 7. The summed E-state index contributed by atoms with van der Waals surface area (Å²) in [7, 11) is -6.87. The molecular weight excluding hydrogens is 268 g/mol. The average Bonchev–Trinajstić information content (AvgIpc) is 2.11. The highest BCUT2D eigenvalue weighted by atomic mass is 32.2. The first-order valence-electron chi connectivity index (χ1n) is 5.05. The first-order valence-corrected chi connectivity index (χ1v) is 8.76. The Morgan fingerprint density at radius 1 is 1.24 bits per heavy atom. The maximum Gasteiger partial charge on any atom is 0.250 e. The smallest absolute Gasteiger partial charge is 0.250 e. The van der Waals surface area contributed by atoms with Gasteiger partial charge in [-0.25, -0.2) is 16.8 Å². The van der Waals surface area contributed by atoms with Gasteiger partial charge in [-0.1, -0.05) is 6.92 Å². The number of carbonyl (C=O) groups is 1. The van der Waals surface area contributed by atoms with Crippen molar-refractivity contribution in [3.8, 4) is 0 Å². The van der Waals surface area contributed by atoms with E-state index in [-0.39, 0.29) is 17.9 Å². The zero-order valence-corrected chi connectivity index (χ0v) is 11.5. The van der Waals surface area contributed by atoms with Crippen molar-refractivity contribution in [3.63, 3.8) is 0 Å².